The van der Waals surface area contributed by atoms with Crippen molar-refractivity contribution in [1.29, 1.82) is 0 Å². The van der Waals surface area contributed by atoms with Gasteiger partial charge in [-0.2, -0.15) is 0 Å². The Labute approximate surface area is 148 Å². The van der Waals surface area contributed by atoms with Crippen molar-refractivity contribution in [2.75, 3.05) is 6.54 Å². The zero-order valence-electron chi connectivity index (χ0n) is 13.2. The van der Waals surface area contributed by atoms with E-state index in [-0.39, 0.29) is 5.91 Å². The summed E-state index contributed by atoms with van der Waals surface area (Å²) >= 11 is 3.17. The van der Waals surface area contributed by atoms with Crippen LogP contribution in [0.15, 0.2) is 57.6 Å². The first-order valence-corrected chi connectivity index (χ1v) is 8.29. The van der Waals surface area contributed by atoms with E-state index >= 15 is 0 Å². The molecule has 24 heavy (non-hydrogen) atoms. The van der Waals surface area contributed by atoms with Gasteiger partial charge in [-0.25, -0.2) is 4.79 Å². The van der Waals surface area contributed by atoms with Gasteiger partial charge in [-0.05, 0) is 53.0 Å². The molecule has 1 aromatic heterocycles. The van der Waals surface area contributed by atoms with Crippen LogP contribution in [0, 0.1) is 0 Å². The van der Waals surface area contributed by atoms with E-state index in [0.29, 0.717) is 17.0 Å². The van der Waals surface area contributed by atoms with E-state index in [1.807, 2.05) is 30.3 Å². The van der Waals surface area contributed by atoms with Crippen LogP contribution < -0.4 is 5.32 Å². The highest BCUT2D eigenvalue weighted by Crippen LogP contribution is 2.15. The molecule has 0 spiro atoms. The molecule has 1 N–H and O–H groups in total. The van der Waals surface area contributed by atoms with Crippen LogP contribution in [0.25, 0.3) is 6.08 Å². The van der Waals surface area contributed by atoms with Crippen LogP contribution in [0.5, 0.6) is 0 Å². The van der Waals surface area contributed by atoms with Crippen molar-refractivity contribution in [3.63, 3.8) is 0 Å². The van der Waals surface area contributed by atoms with E-state index in [0.717, 1.165) is 12.0 Å². The first-order valence-electron chi connectivity index (χ1n) is 7.50. The smallest absolute Gasteiger partial charge is 0.331 e. The molecule has 1 aromatic carbocycles. The summed E-state index contributed by atoms with van der Waals surface area (Å²) in [6, 6.07) is 13.2. The Morgan fingerprint density at radius 3 is 2.67 bits per heavy atom. The topological polar surface area (TPSA) is 68.5 Å². The van der Waals surface area contributed by atoms with Gasteiger partial charge in [0.15, 0.2) is 10.8 Å². The summed E-state index contributed by atoms with van der Waals surface area (Å²) in [6.45, 7) is 2.02. The molecule has 0 fully saturated rings. The number of benzene rings is 1. The third-order valence-corrected chi connectivity index (χ3v) is 3.62. The fourth-order valence-electron chi connectivity index (χ4n) is 1.95. The molecule has 1 atom stereocenters. The molecule has 0 aliphatic rings. The van der Waals surface area contributed by atoms with Gasteiger partial charge < -0.3 is 14.5 Å². The number of carbonyl (C=O) groups is 2. The third kappa shape index (κ3) is 6.04. The highest BCUT2D eigenvalue weighted by atomic mass is 79.9. The number of hydrogen-bond acceptors (Lipinski definition) is 4. The monoisotopic (exact) mass is 391 g/mol. The van der Waals surface area contributed by atoms with Crippen molar-refractivity contribution in [2.45, 2.75) is 19.4 Å². The zero-order chi connectivity index (χ0) is 17.4. The summed E-state index contributed by atoms with van der Waals surface area (Å²) in [6.07, 6.45) is 2.56. The van der Waals surface area contributed by atoms with Gasteiger partial charge in [0, 0.05) is 12.6 Å². The van der Waals surface area contributed by atoms with Crippen LogP contribution in [-0.2, 0) is 20.7 Å². The van der Waals surface area contributed by atoms with Gasteiger partial charge in [-0.1, -0.05) is 30.3 Å². The second kappa shape index (κ2) is 9.08. The highest BCUT2D eigenvalue weighted by molar-refractivity contribution is 9.10. The molecular formula is C18H18BrNO4. The maximum absolute atomic E-state index is 11.9. The van der Waals surface area contributed by atoms with Crippen LogP contribution in [0.1, 0.15) is 18.2 Å². The molecule has 6 heteroatoms. The molecule has 1 heterocycles. The summed E-state index contributed by atoms with van der Waals surface area (Å²) in [5, 5.41) is 2.75. The molecule has 5 nitrogen and oxygen atoms in total. The molecule has 2 aromatic rings. The molecule has 0 saturated heterocycles. The zero-order valence-corrected chi connectivity index (χ0v) is 14.8. The molecule has 0 radical (unpaired) electrons. The fourth-order valence-corrected chi connectivity index (χ4v) is 2.27. The van der Waals surface area contributed by atoms with Gasteiger partial charge in [-0.3, -0.25) is 4.79 Å². The van der Waals surface area contributed by atoms with Crippen LogP contribution in [0.2, 0.25) is 0 Å². The van der Waals surface area contributed by atoms with Crippen molar-refractivity contribution in [3.8, 4) is 0 Å². The molecule has 126 valence electrons. The maximum Gasteiger partial charge on any atom is 0.331 e. The molecule has 2 rings (SSSR count). The number of furan rings is 1. The predicted octanol–water partition coefficient (Wildman–Crippen LogP) is 3.35. The largest absolute Gasteiger partial charge is 0.450 e. The Balaban J connectivity index is 1.72. The number of hydrogen-bond donors (Lipinski definition) is 1. The number of amides is 1. The van der Waals surface area contributed by atoms with Crippen molar-refractivity contribution in [2.24, 2.45) is 0 Å². The van der Waals surface area contributed by atoms with Gasteiger partial charge in [0.1, 0.15) is 5.76 Å². The van der Waals surface area contributed by atoms with Crippen LogP contribution in [0.3, 0.4) is 0 Å². The van der Waals surface area contributed by atoms with Crippen molar-refractivity contribution in [1.82, 2.24) is 5.32 Å². The Hall–Kier alpha value is -2.34. The van der Waals surface area contributed by atoms with Gasteiger partial charge in [-0.15, -0.1) is 0 Å². The number of ether oxygens (including phenoxy) is 1. The fraction of sp³-hybridized carbons (Fsp3) is 0.222. The van der Waals surface area contributed by atoms with Gasteiger partial charge in [0.2, 0.25) is 0 Å². The van der Waals surface area contributed by atoms with E-state index in [2.05, 4.69) is 21.2 Å². The van der Waals surface area contributed by atoms with Crippen LogP contribution in [-0.4, -0.2) is 24.5 Å². The first kappa shape index (κ1) is 18.0. The molecular weight excluding hydrogens is 374 g/mol. The summed E-state index contributed by atoms with van der Waals surface area (Å²) in [4.78, 5) is 23.6. The Kier molecular flexibility index (Phi) is 6.81. The van der Waals surface area contributed by atoms with E-state index in [1.54, 1.807) is 12.1 Å². The number of nitrogens with one attached hydrogen (secondary N) is 1. The average molecular weight is 392 g/mol. The SMILES string of the molecule is CC(OC(=O)/C=C/c1ccc(Br)o1)C(=O)NCCc1ccccc1. The standard InChI is InChI=1S/C18H18BrNO4/c1-13(18(22)20-12-11-14-5-3-2-4-6-14)23-17(21)10-8-15-7-9-16(19)24-15/h2-10,13H,11-12H2,1H3,(H,20,22)/b10-8+. The second-order valence-electron chi connectivity index (χ2n) is 5.08. The van der Waals surface area contributed by atoms with Gasteiger partial charge in [0.05, 0.1) is 0 Å². The van der Waals surface area contributed by atoms with Crippen LogP contribution >= 0.6 is 15.9 Å². The number of esters is 1. The summed E-state index contributed by atoms with van der Waals surface area (Å²) in [5.41, 5.74) is 1.13. The minimum atomic E-state index is -0.860. The van der Waals surface area contributed by atoms with E-state index in [9.17, 15) is 9.59 Å². The van der Waals surface area contributed by atoms with E-state index in [4.69, 9.17) is 9.15 Å². The summed E-state index contributed by atoms with van der Waals surface area (Å²) in [7, 11) is 0. The van der Waals surface area contributed by atoms with Crippen molar-refractivity contribution >= 4 is 33.9 Å². The van der Waals surface area contributed by atoms with Gasteiger partial charge in [0.25, 0.3) is 5.91 Å². The van der Waals surface area contributed by atoms with Crippen LogP contribution in [0.4, 0.5) is 0 Å². The van der Waals surface area contributed by atoms with Gasteiger partial charge >= 0.3 is 5.97 Å². The highest BCUT2D eigenvalue weighted by Gasteiger charge is 2.15. The Morgan fingerprint density at radius 1 is 1.25 bits per heavy atom. The lowest BCUT2D eigenvalue weighted by molar-refractivity contribution is -0.150. The molecule has 0 saturated carbocycles. The van der Waals surface area contributed by atoms with Crippen molar-refractivity contribution in [3.05, 3.63) is 64.5 Å². The lowest BCUT2D eigenvalue weighted by atomic mass is 10.1. The molecule has 1 amide bonds. The Morgan fingerprint density at radius 2 is 2.00 bits per heavy atom. The number of halogens is 1. The normalized spacial score (nSPS) is 12.1. The minimum Gasteiger partial charge on any atom is -0.450 e. The Bertz CT molecular complexity index is 709. The first-order chi connectivity index (χ1) is 11.5. The molecule has 0 aliphatic heterocycles. The van der Waals surface area contributed by atoms with E-state index in [1.165, 1.54) is 19.1 Å². The quantitative estimate of drug-likeness (QED) is 0.580. The lowest BCUT2D eigenvalue weighted by Gasteiger charge is -2.12. The predicted molar refractivity (Wildman–Crippen MR) is 94.2 cm³/mol. The number of carbonyl (C=O) groups excluding carboxylic acids is 2. The van der Waals surface area contributed by atoms with E-state index < -0.39 is 12.1 Å². The summed E-state index contributed by atoms with van der Waals surface area (Å²) in [5.74, 6) is -0.416. The molecule has 1 unspecified atom stereocenters. The van der Waals surface area contributed by atoms with Crippen molar-refractivity contribution < 1.29 is 18.7 Å². The summed E-state index contributed by atoms with van der Waals surface area (Å²) < 4.78 is 10.8. The average Bonchev–Trinajstić information content (AvgIpc) is 2.99. The molecule has 0 aliphatic carbocycles. The molecule has 0 bridgehead atoms. The number of rotatable bonds is 7. The third-order valence-electron chi connectivity index (χ3n) is 3.20. The lowest BCUT2D eigenvalue weighted by Crippen LogP contribution is -2.36. The minimum absolute atomic E-state index is 0.326. The maximum atomic E-state index is 11.9. The second-order valence-corrected chi connectivity index (χ2v) is 5.86.